The second-order valence-corrected chi connectivity index (χ2v) is 6.17. The first kappa shape index (κ1) is 20.5. The molecule has 1 atom stereocenters. The normalized spacial score (nSPS) is 12.9. The number of nitrogens with one attached hydrogen (secondary N) is 1. The van der Waals surface area contributed by atoms with E-state index in [1.165, 1.54) is 77.0 Å². The molecule has 21 heavy (non-hydrogen) atoms. The van der Waals surface area contributed by atoms with Gasteiger partial charge in [-0.05, 0) is 25.5 Å². The van der Waals surface area contributed by atoms with Gasteiger partial charge in [-0.15, -0.1) is 0 Å². The molecule has 0 rings (SSSR count). The second kappa shape index (κ2) is 17.6. The molecule has 0 aromatic carbocycles. The first-order valence-corrected chi connectivity index (χ1v) is 9.40. The monoisotopic (exact) mass is 297 g/mol. The predicted octanol–water partition coefficient (Wildman–Crippen LogP) is 5.91. The fourth-order valence-corrected chi connectivity index (χ4v) is 2.48. The number of unbranched alkanes of at least 4 members (excludes halogenated alkanes) is 12. The van der Waals surface area contributed by atoms with Crippen molar-refractivity contribution in [1.82, 2.24) is 5.32 Å². The van der Waals surface area contributed by atoms with E-state index in [0.29, 0.717) is 0 Å². The van der Waals surface area contributed by atoms with Crippen LogP contribution < -0.4 is 5.32 Å². The third-order valence-corrected chi connectivity index (χ3v) is 4.02. The minimum Gasteiger partial charge on any atom is -0.374 e. The molecule has 0 saturated carbocycles. The first-order valence-electron chi connectivity index (χ1n) is 9.40. The summed E-state index contributed by atoms with van der Waals surface area (Å²) in [6.07, 6.45) is 22.3. The van der Waals surface area contributed by atoms with Gasteiger partial charge >= 0.3 is 0 Å². The molecule has 2 nitrogen and oxygen atoms in total. The number of aliphatic hydroxyl groups is 1. The van der Waals surface area contributed by atoms with Gasteiger partial charge in [0.15, 0.2) is 0 Å². The van der Waals surface area contributed by atoms with Crippen molar-refractivity contribution >= 4 is 0 Å². The van der Waals surface area contributed by atoms with Gasteiger partial charge in [0.25, 0.3) is 0 Å². The van der Waals surface area contributed by atoms with Gasteiger partial charge in [0.05, 0.1) is 0 Å². The second-order valence-electron chi connectivity index (χ2n) is 6.17. The summed E-state index contributed by atoms with van der Waals surface area (Å²) in [5.74, 6) is 0. The minimum atomic E-state index is -0.386. The molecule has 2 N–H and O–H groups in total. The molecule has 0 aromatic rings. The Hall–Kier alpha value is -0.500. The lowest BCUT2D eigenvalue weighted by molar-refractivity contribution is 0.149. The van der Waals surface area contributed by atoms with Crippen molar-refractivity contribution in [2.24, 2.45) is 0 Å². The average Bonchev–Trinajstić information content (AvgIpc) is 2.50. The van der Waals surface area contributed by atoms with E-state index < -0.39 is 0 Å². The molecule has 0 amide bonds. The van der Waals surface area contributed by atoms with Gasteiger partial charge in [-0.3, -0.25) is 0 Å². The summed E-state index contributed by atoms with van der Waals surface area (Å²) in [5.41, 5.74) is 0. The Balaban J connectivity index is 3.05. The van der Waals surface area contributed by atoms with Crippen molar-refractivity contribution in [2.75, 3.05) is 0 Å². The summed E-state index contributed by atoms with van der Waals surface area (Å²) < 4.78 is 0. The summed E-state index contributed by atoms with van der Waals surface area (Å²) in [6.45, 7) is 4.25. The van der Waals surface area contributed by atoms with Crippen molar-refractivity contribution < 1.29 is 5.11 Å². The lowest BCUT2D eigenvalue weighted by Gasteiger charge is -2.06. The molecule has 0 aliphatic rings. The van der Waals surface area contributed by atoms with Crippen molar-refractivity contribution in [3.05, 3.63) is 12.3 Å². The third-order valence-electron chi connectivity index (χ3n) is 4.02. The van der Waals surface area contributed by atoms with Crippen molar-refractivity contribution in [3.8, 4) is 0 Å². The number of rotatable bonds is 16. The van der Waals surface area contributed by atoms with Gasteiger partial charge in [0, 0.05) is 0 Å². The van der Waals surface area contributed by atoms with Crippen LogP contribution in [-0.2, 0) is 0 Å². The minimum absolute atomic E-state index is 0.386. The van der Waals surface area contributed by atoms with Crippen molar-refractivity contribution in [2.45, 2.75) is 110 Å². The Kier molecular flexibility index (Phi) is 17.1. The van der Waals surface area contributed by atoms with Gasteiger partial charge in [-0.25, -0.2) is 0 Å². The predicted molar refractivity (Wildman–Crippen MR) is 94.3 cm³/mol. The van der Waals surface area contributed by atoms with Crippen LogP contribution in [0.2, 0.25) is 0 Å². The van der Waals surface area contributed by atoms with E-state index in [0.717, 1.165) is 12.8 Å². The molecule has 0 fully saturated rings. The van der Waals surface area contributed by atoms with E-state index in [4.69, 9.17) is 0 Å². The lowest BCUT2D eigenvalue weighted by Crippen LogP contribution is -2.21. The molecule has 0 spiro atoms. The highest BCUT2D eigenvalue weighted by Gasteiger charge is 1.94. The van der Waals surface area contributed by atoms with E-state index >= 15 is 0 Å². The maximum absolute atomic E-state index is 9.30. The highest BCUT2D eigenvalue weighted by atomic mass is 16.3. The molecule has 0 heterocycles. The molecule has 2 heteroatoms. The summed E-state index contributed by atoms with van der Waals surface area (Å²) >= 11 is 0. The lowest BCUT2D eigenvalue weighted by atomic mass is 10.0. The van der Waals surface area contributed by atoms with Crippen LogP contribution in [0, 0.1) is 0 Å². The molecular formula is C19H39NO. The molecule has 1 unspecified atom stereocenters. The Morgan fingerprint density at radius 3 is 1.71 bits per heavy atom. The Bertz CT molecular complexity index is 216. The molecule has 0 bridgehead atoms. The highest BCUT2D eigenvalue weighted by Crippen LogP contribution is 2.12. The maximum Gasteiger partial charge on any atom is 0.123 e. The smallest absolute Gasteiger partial charge is 0.123 e. The van der Waals surface area contributed by atoms with Crippen LogP contribution in [0.3, 0.4) is 0 Å². The van der Waals surface area contributed by atoms with Gasteiger partial charge in [0.2, 0.25) is 0 Å². The van der Waals surface area contributed by atoms with Gasteiger partial charge in [0.1, 0.15) is 6.23 Å². The van der Waals surface area contributed by atoms with Crippen LogP contribution in [0.1, 0.15) is 104 Å². The SMILES string of the molecule is CCCCCCCCCCCCCCC=CNC(O)CC. The zero-order chi connectivity index (χ0) is 15.6. The van der Waals surface area contributed by atoms with Crippen LogP contribution in [-0.4, -0.2) is 11.3 Å². The highest BCUT2D eigenvalue weighted by molar-refractivity contribution is 4.79. The van der Waals surface area contributed by atoms with Crippen LogP contribution in [0.4, 0.5) is 0 Å². The molecule has 0 aliphatic heterocycles. The number of allylic oxidation sites excluding steroid dienone is 1. The van der Waals surface area contributed by atoms with Crippen LogP contribution in [0.25, 0.3) is 0 Å². The first-order chi connectivity index (χ1) is 10.3. The van der Waals surface area contributed by atoms with Crippen LogP contribution >= 0.6 is 0 Å². The van der Waals surface area contributed by atoms with Crippen LogP contribution in [0.15, 0.2) is 12.3 Å². The number of hydrogen-bond donors (Lipinski definition) is 2. The van der Waals surface area contributed by atoms with E-state index in [1.54, 1.807) is 0 Å². The zero-order valence-corrected chi connectivity index (χ0v) is 14.6. The van der Waals surface area contributed by atoms with Gasteiger partial charge in [-0.1, -0.05) is 90.6 Å². The van der Waals surface area contributed by atoms with Crippen molar-refractivity contribution in [1.29, 1.82) is 0 Å². The fraction of sp³-hybridized carbons (Fsp3) is 0.895. The zero-order valence-electron chi connectivity index (χ0n) is 14.6. The quantitative estimate of drug-likeness (QED) is 0.274. The van der Waals surface area contributed by atoms with E-state index in [2.05, 4.69) is 18.3 Å². The number of hydrogen-bond acceptors (Lipinski definition) is 2. The fourth-order valence-electron chi connectivity index (χ4n) is 2.48. The van der Waals surface area contributed by atoms with Gasteiger partial charge < -0.3 is 10.4 Å². The Morgan fingerprint density at radius 2 is 1.24 bits per heavy atom. The average molecular weight is 298 g/mol. The standard InChI is InChI=1S/C19H39NO/c1-3-5-6-7-8-9-10-11-12-13-14-15-16-17-18-20-19(21)4-2/h17-21H,3-16H2,1-2H3. The molecule has 126 valence electrons. The van der Waals surface area contributed by atoms with E-state index in [1.807, 2.05) is 13.1 Å². The topological polar surface area (TPSA) is 32.3 Å². The Labute approximate surface area is 133 Å². The summed E-state index contributed by atoms with van der Waals surface area (Å²) in [6, 6.07) is 0. The summed E-state index contributed by atoms with van der Waals surface area (Å²) in [7, 11) is 0. The summed E-state index contributed by atoms with van der Waals surface area (Å²) in [5, 5.41) is 12.3. The van der Waals surface area contributed by atoms with Gasteiger partial charge in [-0.2, -0.15) is 0 Å². The largest absolute Gasteiger partial charge is 0.374 e. The third kappa shape index (κ3) is 17.4. The maximum atomic E-state index is 9.30. The van der Waals surface area contributed by atoms with E-state index in [9.17, 15) is 5.11 Å². The molecule has 0 saturated heterocycles. The Morgan fingerprint density at radius 1 is 0.762 bits per heavy atom. The molecule has 0 radical (unpaired) electrons. The van der Waals surface area contributed by atoms with Crippen molar-refractivity contribution in [3.63, 3.8) is 0 Å². The van der Waals surface area contributed by atoms with Crippen LogP contribution in [0.5, 0.6) is 0 Å². The summed E-state index contributed by atoms with van der Waals surface area (Å²) in [4.78, 5) is 0. The molecular weight excluding hydrogens is 258 g/mol. The van der Waals surface area contributed by atoms with E-state index in [-0.39, 0.29) is 6.23 Å². The molecule has 0 aromatic heterocycles. The number of aliphatic hydroxyl groups excluding tert-OH is 1. The molecule has 0 aliphatic carbocycles.